The van der Waals surface area contributed by atoms with E-state index in [1.165, 1.54) is 38.5 Å². The molecule has 2 aromatic rings. The highest BCUT2D eigenvalue weighted by Gasteiger charge is 2.21. The number of nitrogens with zero attached hydrogens (tertiary/aromatic N) is 2. The van der Waals surface area contributed by atoms with Crippen LogP contribution in [-0.2, 0) is 4.79 Å². The summed E-state index contributed by atoms with van der Waals surface area (Å²) in [6.45, 7) is 2.25. The number of carbonyl (C=O) groups excluding carboxylic acids is 1. The molecule has 26 heavy (non-hydrogen) atoms. The monoisotopic (exact) mass is 369 g/mol. The molecule has 0 unspecified atom stereocenters. The van der Waals surface area contributed by atoms with Crippen molar-refractivity contribution in [3.63, 3.8) is 0 Å². The first kappa shape index (κ1) is 17.5. The molecule has 2 fully saturated rings. The van der Waals surface area contributed by atoms with E-state index in [0.29, 0.717) is 0 Å². The van der Waals surface area contributed by atoms with Gasteiger partial charge < -0.3 is 10.2 Å². The zero-order valence-corrected chi connectivity index (χ0v) is 16.1. The van der Waals surface area contributed by atoms with Gasteiger partial charge in [0.1, 0.15) is 0 Å². The molecule has 1 saturated heterocycles. The lowest BCUT2D eigenvalue weighted by molar-refractivity contribution is -0.120. The average molecular weight is 370 g/mol. The number of hydrogen-bond acceptors (Lipinski definition) is 4. The molecule has 1 aliphatic heterocycles. The van der Waals surface area contributed by atoms with Crippen molar-refractivity contribution in [3.8, 4) is 11.3 Å². The largest absolute Gasteiger partial charge is 0.348 e. The second-order valence-corrected chi connectivity index (χ2v) is 8.30. The molecule has 2 aliphatic rings. The van der Waals surface area contributed by atoms with Gasteiger partial charge in [0.05, 0.1) is 5.69 Å². The van der Waals surface area contributed by atoms with Crippen LogP contribution in [-0.4, -0.2) is 24.0 Å². The number of hydrogen-bond donors (Lipinski definition) is 1. The Bertz CT molecular complexity index is 728. The fourth-order valence-electron chi connectivity index (χ4n) is 3.96. The Hall–Kier alpha value is -1.88. The van der Waals surface area contributed by atoms with Gasteiger partial charge in [-0.15, -0.1) is 11.3 Å². The van der Waals surface area contributed by atoms with Crippen molar-refractivity contribution in [1.82, 2.24) is 4.98 Å². The molecule has 1 N–H and O–H groups in total. The van der Waals surface area contributed by atoms with Gasteiger partial charge in [0.15, 0.2) is 5.13 Å². The molecular formula is C21H27N3OS. The minimum atomic E-state index is 0.179. The lowest BCUT2D eigenvalue weighted by atomic mass is 9.88. The van der Waals surface area contributed by atoms with Gasteiger partial charge in [-0.05, 0) is 44.2 Å². The fourth-order valence-corrected chi connectivity index (χ4v) is 4.85. The summed E-state index contributed by atoms with van der Waals surface area (Å²) in [4.78, 5) is 19.6. The number of anilines is 2. The molecule has 0 atom stereocenters. The number of amides is 1. The summed E-state index contributed by atoms with van der Waals surface area (Å²) >= 11 is 1.73. The van der Waals surface area contributed by atoms with Gasteiger partial charge in [0, 0.05) is 35.6 Å². The Morgan fingerprint density at radius 2 is 1.69 bits per heavy atom. The Labute approximate surface area is 159 Å². The molecule has 5 heteroatoms. The summed E-state index contributed by atoms with van der Waals surface area (Å²) < 4.78 is 0. The highest BCUT2D eigenvalue weighted by molar-refractivity contribution is 7.14. The fraction of sp³-hybridized carbons (Fsp3) is 0.524. The van der Waals surface area contributed by atoms with Gasteiger partial charge in [0.25, 0.3) is 0 Å². The summed E-state index contributed by atoms with van der Waals surface area (Å²) in [7, 11) is 0. The lowest BCUT2D eigenvalue weighted by Crippen LogP contribution is -2.29. The maximum absolute atomic E-state index is 12.4. The van der Waals surface area contributed by atoms with E-state index in [4.69, 9.17) is 4.98 Å². The quantitative estimate of drug-likeness (QED) is 0.793. The van der Waals surface area contributed by atoms with Gasteiger partial charge in [-0.2, -0.15) is 0 Å². The van der Waals surface area contributed by atoms with Crippen molar-refractivity contribution in [1.29, 1.82) is 0 Å². The number of nitrogens with one attached hydrogen (secondary N) is 1. The van der Waals surface area contributed by atoms with Crippen molar-refractivity contribution in [2.24, 2.45) is 5.92 Å². The SMILES string of the molecule is O=C(Nc1ccc(-c2csc(N3CCCCC3)n2)cc1)C1CCCCC1. The Morgan fingerprint density at radius 3 is 2.42 bits per heavy atom. The smallest absolute Gasteiger partial charge is 0.227 e. The van der Waals surface area contributed by atoms with Crippen molar-refractivity contribution in [3.05, 3.63) is 29.6 Å². The first-order chi connectivity index (χ1) is 12.8. The predicted octanol–water partition coefficient (Wildman–Crippen LogP) is 5.32. The number of aromatic nitrogens is 1. The third-order valence-electron chi connectivity index (χ3n) is 5.54. The van der Waals surface area contributed by atoms with E-state index in [1.54, 1.807) is 11.3 Å². The molecule has 1 aliphatic carbocycles. The first-order valence-electron chi connectivity index (χ1n) is 9.91. The number of rotatable bonds is 4. The second kappa shape index (κ2) is 8.21. The Kier molecular flexibility index (Phi) is 5.54. The standard InChI is InChI=1S/C21H27N3OS/c25-20(17-7-3-1-4-8-17)22-18-11-9-16(10-12-18)19-15-26-21(23-19)24-13-5-2-6-14-24/h9-12,15,17H,1-8,13-14H2,(H,22,25). The topological polar surface area (TPSA) is 45.2 Å². The van der Waals surface area contributed by atoms with Gasteiger partial charge in [-0.25, -0.2) is 4.98 Å². The first-order valence-corrected chi connectivity index (χ1v) is 10.8. The normalized spacial score (nSPS) is 18.7. The van der Waals surface area contributed by atoms with Crippen LogP contribution in [0.4, 0.5) is 10.8 Å². The van der Waals surface area contributed by atoms with E-state index in [1.807, 2.05) is 12.1 Å². The molecule has 1 amide bonds. The van der Waals surface area contributed by atoms with Crippen molar-refractivity contribution in [2.75, 3.05) is 23.3 Å². The molecule has 1 saturated carbocycles. The van der Waals surface area contributed by atoms with Crippen LogP contribution in [0.15, 0.2) is 29.6 Å². The molecule has 1 aromatic carbocycles. The molecule has 2 heterocycles. The number of piperidine rings is 1. The van der Waals surface area contributed by atoms with Gasteiger partial charge in [-0.1, -0.05) is 31.4 Å². The van der Waals surface area contributed by atoms with E-state index >= 15 is 0 Å². The number of thiazole rings is 1. The van der Waals surface area contributed by atoms with E-state index < -0.39 is 0 Å². The second-order valence-electron chi connectivity index (χ2n) is 7.46. The summed E-state index contributed by atoms with van der Waals surface area (Å²) in [6.07, 6.45) is 9.56. The van der Waals surface area contributed by atoms with Gasteiger partial charge >= 0.3 is 0 Å². The molecular weight excluding hydrogens is 342 g/mol. The zero-order valence-electron chi connectivity index (χ0n) is 15.2. The van der Waals surface area contributed by atoms with Crippen LogP contribution >= 0.6 is 11.3 Å². The van der Waals surface area contributed by atoms with Crippen LogP contribution in [0.3, 0.4) is 0 Å². The Morgan fingerprint density at radius 1 is 1.00 bits per heavy atom. The van der Waals surface area contributed by atoms with Crippen LogP contribution in [0.5, 0.6) is 0 Å². The van der Waals surface area contributed by atoms with Crippen LogP contribution < -0.4 is 10.2 Å². The number of benzene rings is 1. The van der Waals surface area contributed by atoms with Gasteiger partial charge in [0.2, 0.25) is 5.91 Å². The molecule has 0 bridgehead atoms. The Balaban J connectivity index is 1.39. The molecule has 138 valence electrons. The zero-order chi connectivity index (χ0) is 17.8. The molecule has 1 aromatic heterocycles. The average Bonchev–Trinajstić information content (AvgIpc) is 3.20. The summed E-state index contributed by atoms with van der Waals surface area (Å²) in [5.74, 6) is 0.368. The van der Waals surface area contributed by atoms with Crippen molar-refractivity contribution >= 4 is 28.1 Å². The minimum absolute atomic E-state index is 0.179. The lowest BCUT2D eigenvalue weighted by Gasteiger charge is -2.25. The highest BCUT2D eigenvalue weighted by atomic mass is 32.1. The molecule has 0 spiro atoms. The van der Waals surface area contributed by atoms with Gasteiger partial charge in [-0.3, -0.25) is 4.79 Å². The van der Waals surface area contributed by atoms with E-state index in [9.17, 15) is 4.79 Å². The van der Waals surface area contributed by atoms with Crippen LogP contribution in [0.1, 0.15) is 51.4 Å². The highest BCUT2D eigenvalue weighted by Crippen LogP contribution is 2.30. The third-order valence-corrected chi connectivity index (χ3v) is 6.44. The van der Waals surface area contributed by atoms with E-state index in [-0.39, 0.29) is 11.8 Å². The van der Waals surface area contributed by atoms with E-state index in [2.05, 4.69) is 27.7 Å². The van der Waals surface area contributed by atoms with Crippen LogP contribution in [0.25, 0.3) is 11.3 Å². The summed E-state index contributed by atoms with van der Waals surface area (Å²) in [5, 5.41) is 6.35. The minimum Gasteiger partial charge on any atom is -0.348 e. The van der Waals surface area contributed by atoms with E-state index in [0.717, 1.165) is 48.0 Å². The summed E-state index contributed by atoms with van der Waals surface area (Å²) in [6, 6.07) is 8.11. The molecule has 4 rings (SSSR count). The maximum Gasteiger partial charge on any atom is 0.227 e. The molecule has 0 radical (unpaired) electrons. The third kappa shape index (κ3) is 4.09. The van der Waals surface area contributed by atoms with Crippen molar-refractivity contribution < 1.29 is 4.79 Å². The molecule has 4 nitrogen and oxygen atoms in total. The summed E-state index contributed by atoms with van der Waals surface area (Å²) in [5.41, 5.74) is 3.02. The van der Waals surface area contributed by atoms with Crippen LogP contribution in [0, 0.1) is 5.92 Å². The number of carbonyl (C=O) groups is 1. The van der Waals surface area contributed by atoms with Crippen molar-refractivity contribution in [2.45, 2.75) is 51.4 Å². The maximum atomic E-state index is 12.4. The predicted molar refractivity (Wildman–Crippen MR) is 109 cm³/mol. The van der Waals surface area contributed by atoms with Crippen LogP contribution in [0.2, 0.25) is 0 Å².